The average molecular weight is 1080 g/mol. The Bertz CT molecular complexity index is 2620. The van der Waals surface area contributed by atoms with Gasteiger partial charge in [0, 0.05) is 0 Å². The maximum Gasteiger partial charge on any atom is -0.0102 e. The van der Waals surface area contributed by atoms with E-state index >= 15 is 0 Å². The summed E-state index contributed by atoms with van der Waals surface area (Å²) in [4.78, 5) is 0. The van der Waals surface area contributed by atoms with Crippen LogP contribution in [0.1, 0.15) is 139 Å². The Labute approximate surface area is 495 Å². The molecule has 81 heavy (non-hydrogen) atoms. The van der Waals surface area contributed by atoms with Gasteiger partial charge in [0.1, 0.15) is 0 Å². The van der Waals surface area contributed by atoms with Gasteiger partial charge in [-0.1, -0.05) is 191 Å². The van der Waals surface area contributed by atoms with Gasteiger partial charge in [0.15, 0.2) is 0 Å². The molecule has 0 spiro atoms. The highest BCUT2D eigenvalue weighted by molar-refractivity contribution is 5.26. The van der Waals surface area contributed by atoms with Crippen LogP contribution in [0.3, 0.4) is 0 Å². The highest BCUT2D eigenvalue weighted by atomic mass is 14.6. The first-order valence-electron chi connectivity index (χ1n) is 34.9. The van der Waals surface area contributed by atoms with Crippen LogP contribution in [0.2, 0.25) is 0 Å². The van der Waals surface area contributed by atoms with Crippen molar-refractivity contribution in [1.29, 1.82) is 0 Å². The van der Waals surface area contributed by atoms with Crippen molar-refractivity contribution < 1.29 is 0 Å². The fraction of sp³-hybridized carbons (Fsp3) is 0.654. The Balaban J connectivity index is 0.000000549. The van der Waals surface area contributed by atoms with E-state index in [4.69, 9.17) is 0 Å². The van der Waals surface area contributed by atoms with Gasteiger partial charge in [-0.15, -0.1) is 0 Å². The molecule has 0 nitrogen and oxygen atoms in total. The van der Waals surface area contributed by atoms with Gasteiger partial charge in [-0.25, -0.2) is 0 Å². The van der Waals surface area contributed by atoms with Gasteiger partial charge in [-0.2, -0.15) is 0 Å². The van der Waals surface area contributed by atoms with E-state index in [0.29, 0.717) is 53.3 Å². The number of allylic oxidation sites excluding steroid dienone is 28. The molecule has 0 radical (unpaired) electrons. The predicted octanol–water partition coefficient (Wildman–Crippen LogP) is 20.9. The highest BCUT2D eigenvalue weighted by Crippen LogP contribution is 2.66. The quantitative estimate of drug-likeness (QED) is 0.143. The van der Waals surface area contributed by atoms with Crippen LogP contribution in [0.25, 0.3) is 0 Å². The lowest BCUT2D eigenvalue weighted by molar-refractivity contribution is 0.168. The molecule has 32 unspecified atom stereocenters. The molecule has 0 aromatic heterocycles. The average Bonchev–Trinajstić information content (AvgIpc) is 4.42. The lowest BCUT2D eigenvalue weighted by Gasteiger charge is -2.33. The second kappa shape index (κ2) is 24.4. The van der Waals surface area contributed by atoms with E-state index in [-0.39, 0.29) is 0 Å². The largest absolute Gasteiger partial charge is 0.0914 e. The minimum Gasteiger partial charge on any atom is -0.0914 e. The summed E-state index contributed by atoms with van der Waals surface area (Å²) in [6, 6.07) is 0. The zero-order valence-electron chi connectivity index (χ0n) is 51.8. The first kappa shape index (κ1) is 56.5. The third-order valence-corrected chi connectivity index (χ3v) is 27.2. The van der Waals surface area contributed by atoms with Crippen molar-refractivity contribution in [2.75, 3.05) is 0 Å². The van der Waals surface area contributed by atoms with Crippen molar-refractivity contribution in [3.05, 3.63) is 170 Å². The Morgan fingerprint density at radius 2 is 0.765 bits per heavy atom. The molecule has 0 N–H and O–H groups in total. The van der Waals surface area contributed by atoms with Crippen LogP contribution >= 0.6 is 0 Å². The van der Waals surface area contributed by atoms with Gasteiger partial charge in [0.05, 0.1) is 0 Å². The first-order valence-corrected chi connectivity index (χ1v) is 34.9. The molecule has 0 heteroatoms. The second-order valence-electron chi connectivity index (χ2n) is 30.6. The third-order valence-electron chi connectivity index (χ3n) is 27.2. The molecule has 0 saturated heterocycles. The Hall–Kier alpha value is -3.64. The van der Waals surface area contributed by atoms with E-state index in [2.05, 4.69) is 226 Å². The van der Waals surface area contributed by atoms with Crippen molar-refractivity contribution in [2.24, 2.45) is 189 Å². The van der Waals surface area contributed by atoms with Gasteiger partial charge in [-0.05, 0) is 307 Å². The molecular formula is C81H110. The maximum absolute atomic E-state index is 2.87. The van der Waals surface area contributed by atoms with E-state index in [1.807, 2.05) is 0 Å². The van der Waals surface area contributed by atoms with Crippen molar-refractivity contribution in [3.63, 3.8) is 0 Å². The molecule has 0 heterocycles. The Morgan fingerprint density at radius 3 is 1.44 bits per heavy atom. The summed E-state index contributed by atoms with van der Waals surface area (Å²) in [6.45, 7) is 19.2. The van der Waals surface area contributed by atoms with Gasteiger partial charge in [0.2, 0.25) is 0 Å². The number of hydrogen-bond acceptors (Lipinski definition) is 0. The molecule has 14 rings (SSSR count). The zero-order valence-corrected chi connectivity index (χ0v) is 51.8. The summed E-state index contributed by atoms with van der Waals surface area (Å²) in [6.07, 6.45) is 89.7. The fourth-order valence-electron chi connectivity index (χ4n) is 23.9. The van der Waals surface area contributed by atoms with Crippen molar-refractivity contribution in [2.45, 2.75) is 139 Å². The molecule has 9 saturated carbocycles. The first-order chi connectivity index (χ1) is 39.7. The molecule has 14 aliphatic rings. The summed E-state index contributed by atoms with van der Waals surface area (Å²) in [5.41, 5.74) is 0. The zero-order chi connectivity index (χ0) is 55.5. The molecule has 0 aromatic carbocycles. The minimum absolute atomic E-state index is 0.630. The highest BCUT2D eigenvalue weighted by Gasteiger charge is 2.59. The monoisotopic (exact) mass is 1080 g/mol. The van der Waals surface area contributed by atoms with E-state index in [1.165, 1.54) is 83.5 Å². The van der Waals surface area contributed by atoms with Crippen LogP contribution in [-0.2, 0) is 0 Å². The Kier molecular flexibility index (Phi) is 17.0. The lowest BCUT2D eigenvalue weighted by atomic mass is 9.72. The van der Waals surface area contributed by atoms with Gasteiger partial charge in [-0.3, -0.25) is 0 Å². The van der Waals surface area contributed by atoms with Crippen LogP contribution in [-0.4, -0.2) is 0 Å². The van der Waals surface area contributed by atoms with Crippen LogP contribution in [0, 0.1) is 189 Å². The Morgan fingerprint density at radius 1 is 0.309 bits per heavy atom. The molecule has 32 atom stereocenters. The van der Waals surface area contributed by atoms with Crippen molar-refractivity contribution >= 4 is 0 Å². The fourth-order valence-corrected chi connectivity index (χ4v) is 23.9. The maximum atomic E-state index is 2.87. The summed E-state index contributed by atoms with van der Waals surface area (Å²) in [5, 5.41) is 0. The molecule has 9 fully saturated rings. The van der Waals surface area contributed by atoms with E-state index < -0.39 is 0 Å². The second-order valence-corrected chi connectivity index (χ2v) is 30.6. The van der Waals surface area contributed by atoms with Gasteiger partial charge < -0.3 is 0 Å². The van der Waals surface area contributed by atoms with Gasteiger partial charge in [0.25, 0.3) is 0 Å². The summed E-state index contributed by atoms with van der Waals surface area (Å²) in [7, 11) is 0. The SMILES string of the molecule is C/C=C/C1CC(/C=C/C2CC(/C=C/C3CC(/C=C/C4C5C=CC(C5)C4/C=C/C)C4C(C)C(C5CC6C(/C=C/C)CC(/C=C/C)C6C5C)CC34)C3C=CCC23)C(C/C=C/C2CC(C)C3CC=CC23)C1/C=C/C.C1=CC2C3C=CC(C3)C2C1. The lowest BCUT2D eigenvalue weighted by Crippen LogP contribution is -2.27. The number of fused-ring (bicyclic) bond motifs is 11. The van der Waals surface area contributed by atoms with Gasteiger partial charge >= 0.3 is 0 Å². The van der Waals surface area contributed by atoms with E-state index in [1.54, 1.807) is 0 Å². The van der Waals surface area contributed by atoms with E-state index in [9.17, 15) is 0 Å². The molecule has 0 amide bonds. The molecule has 0 aliphatic heterocycles. The van der Waals surface area contributed by atoms with Crippen LogP contribution in [0.15, 0.2) is 170 Å². The van der Waals surface area contributed by atoms with Crippen LogP contribution < -0.4 is 0 Å². The molecule has 14 aliphatic carbocycles. The standard InChI is InChI=1S/C71H98.C10H12/c1-9-17-47-37-51(62(59(47)20-12-4)24-14-22-49-36-44(6)58-23-15-25-61(49)58)29-30-52-39-53(64-27-16-26-63(52)64)32-33-55-41-57(34-35-65-54-31-28-50(38-54)60(65)21-13-5)71-46(8)67(43-69(55)71)66-42-68-48(18-10-2)40-56(19-11-3)70(68)45(66)7;1-2-9-7-4-5-8(6-7)10(9)3-1/h9-22,25,27-35,44-71H,23-24,26,36-43H2,1-8H3;1-2,4-5,7-10H,3,6H2/b17-9+,18-10+,19-11+,20-12+,21-13+,22-14+,30-29+,33-32+,35-34+;. The molecule has 0 aromatic rings. The van der Waals surface area contributed by atoms with Crippen molar-refractivity contribution in [1.82, 2.24) is 0 Å². The summed E-state index contributed by atoms with van der Waals surface area (Å²) < 4.78 is 0. The minimum atomic E-state index is 0.630. The molecule has 434 valence electrons. The van der Waals surface area contributed by atoms with Crippen molar-refractivity contribution in [3.8, 4) is 0 Å². The summed E-state index contributed by atoms with van der Waals surface area (Å²) in [5.74, 6) is 25.2. The predicted molar refractivity (Wildman–Crippen MR) is 345 cm³/mol. The number of hydrogen-bond donors (Lipinski definition) is 0. The molecule has 4 bridgehead atoms. The van der Waals surface area contributed by atoms with Crippen LogP contribution in [0.4, 0.5) is 0 Å². The normalized spacial score (nSPS) is 52.2. The topological polar surface area (TPSA) is 0 Å². The summed E-state index contributed by atoms with van der Waals surface area (Å²) >= 11 is 0. The molecular weight excluding hydrogens is 973 g/mol. The number of rotatable bonds is 15. The third kappa shape index (κ3) is 10.5. The smallest absolute Gasteiger partial charge is 0.0102 e. The van der Waals surface area contributed by atoms with Crippen LogP contribution in [0.5, 0.6) is 0 Å². The van der Waals surface area contributed by atoms with E-state index in [0.717, 1.165) is 136 Å².